The first-order chi connectivity index (χ1) is 9.35. The van der Waals surface area contributed by atoms with Crippen molar-refractivity contribution in [2.24, 2.45) is 0 Å². The molecule has 5 nitrogen and oxygen atoms in total. The van der Waals surface area contributed by atoms with E-state index in [9.17, 15) is 8.42 Å². The van der Waals surface area contributed by atoms with E-state index in [0.717, 1.165) is 30.6 Å². The first kappa shape index (κ1) is 14.9. The van der Waals surface area contributed by atoms with Crippen LogP contribution in [0.25, 0.3) is 0 Å². The van der Waals surface area contributed by atoms with Crippen molar-refractivity contribution in [3.8, 4) is 0 Å². The Balaban J connectivity index is 2.08. The lowest BCUT2D eigenvalue weighted by molar-refractivity contribution is 0.607. The number of benzene rings is 1. The molecule has 0 bridgehead atoms. The summed E-state index contributed by atoms with van der Waals surface area (Å²) in [7, 11) is -3.28. The van der Waals surface area contributed by atoms with Gasteiger partial charge in [0.15, 0.2) is 0 Å². The van der Waals surface area contributed by atoms with Crippen molar-refractivity contribution in [1.82, 2.24) is 9.55 Å². The van der Waals surface area contributed by atoms with Crippen molar-refractivity contribution in [2.45, 2.75) is 19.9 Å². The Morgan fingerprint density at radius 2 is 2.15 bits per heavy atom. The molecule has 108 valence electrons. The number of rotatable bonds is 5. The van der Waals surface area contributed by atoms with Gasteiger partial charge in [-0.3, -0.25) is 4.72 Å². The SMILES string of the molecule is Cc1nccn1CCc1ccc(NS(C)(=O)=O)cc1Cl. The molecule has 0 aliphatic heterocycles. The number of sulfonamides is 1. The van der Waals surface area contributed by atoms with Gasteiger partial charge in [-0.2, -0.15) is 0 Å². The van der Waals surface area contributed by atoms with E-state index in [4.69, 9.17) is 11.6 Å². The lowest BCUT2D eigenvalue weighted by atomic mass is 10.1. The molecular formula is C13H16ClN3O2S. The fourth-order valence-corrected chi connectivity index (χ4v) is 2.74. The second kappa shape index (κ2) is 5.85. The lowest BCUT2D eigenvalue weighted by Gasteiger charge is -2.09. The van der Waals surface area contributed by atoms with Gasteiger partial charge in [-0.15, -0.1) is 0 Å². The molecule has 0 fully saturated rings. The van der Waals surface area contributed by atoms with E-state index in [1.54, 1.807) is 18.3 Å². The molecule has 0 spiro atoms. The Morgan fingerprint density at radius 1 is 1.40 bits per heavy atom. The molecule has 20 heavy (non-hydrogen) atoms. The molecule has 7 heteroatoms. The minimum absolute atomic E-state index is 0.472. The zero-order valence-corrected chi connectivity index (χ0v) is 12.9. The molecule has 0 amide bonds. The Kier molecular flexibility index (Phi) is 4.35. The Labute approximate surface area is 123 Å². The lowest BCUT2D eigenvalue weighted by Crippen LogP contribution is -2.09. The van der Waals surface area contributed by atoms with E-state index in [1.165, 1.54) is 0 Å². The topological polar surface area (TPSA) is 64.0 Å². The molecule has 2 aromatic rings. The molecule has 0 aliphatic carbocycles. The number of nitrogens with one attached hydrogen (secondary N) is 1. The van der Waals surface area contributed by atoms with E-state index in [0.29, 0.717) is 10.7 Å². The summed E-state index contributed by atoms with van der Waals surface area (Å²) in [6.07, 6.45) is 5.55. The predicted octanol–water partition coefficient (Wildman–Crippen LogP) is 2.46. The van der Waals surface area contributed by atoms with Gasteiger partial charge in [0.1, 0.15) is 5.82 Å². The molecule has 1 aromatic carbocycles. The number of hydrogen-bond acceptors (Lipinski definition) is 3. The van der Waals surface area contributed by atoms with Crippen LogP contribution in [0.4, 0.5) is 5.69 Å². The largest absolute Gasteiger partial charge is 0.335 e. The zero-order chi connectivity index (χ0) is 14.8. The third kappa shape index (κ3) is 3.98. The van der Waals surface area contributed by atoms with E-state index in [-0.39, 0.29) is 0 Å². The average Bonchev–Trinajstić information content (AvgIpc) is 2.72. The third-order valence-corrected chi connectivity index (χ3v) is 3.86. The smallest absolute Gasteiger partial charge is 0.229 e. The summed E-state index contributed by atoms with van der Waals surface area (Å²) in [6, 6.07) is 5.17. The van der Waals surface area contributed by atoms with Crippen LogP contribution in [0.15, 0.2) is 30.6 Å². The molecular weight excluding hydrogens is 298 g/mol. The summed E-state index contributed by atoms with van der Waals surface area (Å²) < 4.78 is 26.7. The van der Waals surface area contributed by atoms with Gasteiger partial charge in [-0.1, -0.05) is 17.7 Å². The highest BCUT2D eigenvalue weighted by Gasteiger charge is 2.06. The highest BCUT2D eigenvalue weighted by atomic mass is 35.5. The van der Waals surface area contributed by atoms with E-state index < -0.39 is 10.0 Å². The van der Waals surface area contributed by atoms with Gasteiger partial charge in [0.2, 0.25) is 10.0 Å². The highest BCUT2D eigenvalue weighted by Crippen LogP contribution is 2.22. The molecule has 0 atom stereocenters. The minimum atomic E-state index is -3.28. The Bertz CT molecular complexity index is 710. The quantitative estimate of drug-likeness (QED) is 0.922. The van der Waals surface area contributed by atoms with Crippen LogP contribution in [0.5, 0.6) is 0 Å². The van der Waals surface area contributed by atoms with E-state index >= 15 is 0 Å². The molecule has 0 radical (unpaired) electrons. The number of anilines is 1. The predicted molar refractivity (Wildman–Crippen MR) is 80.6 cm³/mol. The Morgan fingerprint density at radius 3 is 2.70 bits per heavy atom. The zero-order valence-electron chi connectivity index (χ0n) is 11.3. The van der Waals surface area contributed by atoms with Crippen molar-refractivity contribution in [3.05, 3.63) is 47.0 Å². The maximum absolute atomic E-state index is 11.2. The standard InChI is InChI=1S/C13H16ClN3O2S/c1-10-15-6-8-17(10)7-5-11-3-4-12(9-13(11)14)16-20(2,18)19/h3-4,6,8-9,16H,5,7H2,1-2H3. The van der Waals surface area contributed by atoms with Crippen molar-refractivity contribution >= 4 is 27.3 Å². The van der Waals surface area contributed by atoms with Crippen LogP contribution < -0.4 is 4.72 Å². The molecule has 1 aromatic heterocycles. The summed E-state index contributed by atoms with van der Waals surface area (Å²) in [5.41, 5.74) is 1.44. The number of aryl methyl sites for hydroxylation is 3. The van der Waals surface area contributed by atoms with E-state index in [2.05, 4.69) is 9.71 Å². The van der Waals surface area contributed by atoms with Crippen LogP contribution in [-0.2, 0) is 23.0 Å². The first-order valence-electron chi connectivity index (χ1n) is 6.09. The molecule has 0 aliphatic rings. The average molecular weight is 314 g/mol. The molecule has 0 unspecified atom stereocenters. The summed E-state index contributed by atoms with van der Waals surface area (Å²) >= 11 is 6.18. The maximum atomic E-state index is 11.2. The van der Waals surface area contributed by atoms with Gasteiger partial charge >= 0.3 is 0 Å². The monoisotopic (exact) mass is 313 g/mol. The van der Waals surface area contributed by atoms with Gasteiger partial charge in [-0.05, 0) is 31.0 Å². The van der Waals surface area contributed by atoms with Gasteiger partial charge in [-0.25, -0.2) is 13.4 Å². The van der Waals surface area contributed by atoms with Gasteiger partial charge in [0.05, 0.1) is 6.26 Å². The van der Waals surface area contributed by atoms with Crippen molar-refractivity contribution in [1.29, 1.82) is 0 Å². The minimum Gasteiger partial charge on any atom is -0.335 e. The van der Waals surface area contributed by atoms with Crippen molar-refractivity contribution in [3.63, 3.8) is 0 Å². The summed E-state index contributed by atoms with van der Waals surface area (Å²) in [5, 5.41) is 0.552. The van der Waals surface area contributed by atoms with Gasteiger partial charge in [0, 0.05) is 29.6 Å². The highest BCUT2D eigenvalue weighted by molar-refractivity contribution is 7.92. The fraction of sp³-hybridized carbons (Fsp3) is 0.308. The van der Waals surface area contributed by atoms with Crippen LogP contribution in [-0.4, -0.2) is 24.2 Å². The van der Waals surface area contributed by atoms with Crippen molar-refractivity contribution < 1.29 is 8.42 Å². The van der Waals surface area contributed by atoms with Crippen LogP contribution in [0.3, 0.4) is 0 Å². The van der Waals surface area contributed by atoms with Crippen LogP contribution in [0.2, 0.25) is 5.02 Å². The molecule has 1 heterocycles. The molecule has 1 N–H and O–H groups in total. The second-order valence-electron chi connectivity index (χ2n) is 4.60. The molecule has 2 rings (SSSR count). The molecule has 0 saturated carbocycles. The van der Waals surface area contributed by atoms with Crippen LogP contribution >= 0.6 is 11.6 Å². The maximum Gasteiger partial charge on any atom is 0.229 e. The van der Waals surface area contributed by atoms with Crippen LogP contribution in [0.1, 0.15) is 11.4 Å². The fourth-order valence-electron chi connectivity index (χ4n) is 1.91. The van der Waals surface area contributed by atoms with Crippen LogP contribution in [0, 0.1) is 6.92 Å². The summed E-state index contributed by atoms with van der Waals surface area (Å²) in [4.78, 5) is 4.16. The number of hydrogen-bond donors (Lipinski definition) is 1. The normalized spacial score (nSPS) is 11.6. The van der Waals surface area contributed by atoms with Crippen molar-refractivity contribution in [2.75, 3.05) is 11.0 Å². The third-order valence-electron chi connectivity index (χ3n) is 2.90. The number of nitrogens with zero attached hydrogens (tertiary/aromatic N) is 2. The number of imidazole rings is 1. The Hall–Kier alpha value is -1.53. The number of aromatic nitrogens is 2. The van der Waals surface area contributed by atoms with Gasteiger partial charge < -0.3 is 4.57 Å². The first-order valence-corrected chi connectivity index (χ1v) is 8.36. The molecule has 0 saturated heterocycles. The van der Waals surface area contributed by atoms with Gasteiger partial charge in [0.25, 0.3) is 0 Å². The number of halogens is 1. The summed E-state index contributed by atoms with van der Waals surface area (Å²) in [6.45, 7) is 2.73. The van der Waals surface area contributed by atoms with E-state index in [1.807, 2.05) is 23.8 Å². The summed E-state index contributed by atoms with van der Waals surface area (Å²) in [5.74, 6) is 0.955. The second-order valence-corrected chi connectivity index (χ2v) is 6.75.